The molecule has 62 heavy (non-hydrogen) atoms. The third kappa shape index (κ3) is 42.5. The molecule has 0 aliphatic carbocycles. The van der Waals surface area contributed by atoms with Gasteiger partial charge in [0.25, 0.3) is 0 Å². The monoisotopic (exact) mass is 895 g/mol. The van der Waals surface area contributed by atoms with Crippen LogP contribution in [0.3, 0.4) is 0 Å². The third-order valence-corrected chi connectivity index (χ3v) is 10.9. The lowest BCUT2D eigenvalue weighted by atomic mass is 10.1. The largest absolute Gasteiger partial charge is 0.472 e. The molecule has 0 amide bonds. The van der Waals surface area contributed by atoms with Crippen molar-refractivity contribution in [2.24, 2.45) is 0 Å². The number of hydrogen-bond donors (Lipinski definition) is 2. The van der Waals surface area contributed by atoms with E-state index in [-0.39, 0.29) is 25.9 Å². The van der Waals surface area contributed by atoms with Crippen LogP contribution in [-0.4, -0.2) is 66.5 Å². The summed E-state index contributed by atoms with van der Waals surface area (Å²) in [6.07, 6.45) is 44.9. The van der Waals surface area contributed by atoms with Gasteiger partial charge in [-0.05, 0) is 77.0 Å². The van der Waals surface area contributed by atoms with Crippen molar-refractivity contribution in [3.8, 4) is 0 Å². The van der Waals surface area contributed by atoms with Crippen LogP contribution in [0.15, 0.2) is 60.8 Å². The SMILES string of the molecule is CC/C=C\C/C=C\C/C=C\CCCCCC(=O)OCC(COP(=O)(O)OCC(CO)OC(=O)CCCCCCCCCCC)OC(=O)CCCCCCC/C=C\C/C=C\CCC. The molecule has 0 spiro atoms. The maximum Gasteiger partial charge on any atom is 0.472 e. The predicted octanol–water partition coefficient (Wildman–Crippen LogP) is 13.2. The zero-order chi connectivity index (χ0) is 45.6. The first-order valence-corrected chi connectivity index (χ1v) is 25.7. The number of unbranched alkanes of at least 4 members (excludes halogenated alkanes) is 17. The molecule has 3 unspecified atom stereocenters. The Kier molecular flexibility index (Phi) is 42.7. The number of aliphatic hydroxyl groups excluding tert-OH is 1. The van der Waals surface area contributed by atoms with Crippen molar-refractivity contribution in [2.45, 2.75) is 213 Å². The van der Waals surface area contributed by atoms with Gasteiger partial charge < -0.3 is 24.2 Å². The molecule has 0 aromatic rings. The molecule has 0 fully saturated rings. The van der Waals surface area contributed by atoms with Gasteiger partial charge in [0.15, 0.2) is 6.10 Å². The van der Waals surface area contributed by atoms with E-state index in [1.807, 2.05) is 0 Å². The summed E-state index contributed by atoms with van der Waals surface area (Å²) in [6.45, 7) is 4.36. The Hall–Kier alpha value is -2.82. The maximum atomic E-state index is 12.8. The molecule has 0 aliphatic heterocycles. The van der Waals surface area contributed by atoms with Gasteiger partial charge in [0.2, 0.25) is 0 Å². The fourth-order valence-electron chi connectivity index (χ4n) is 6.23. The van der Waals surface area contributed by atoms with E-state index in [4.69, 9.17) is 23.3 Å². The van der Waals surface area contributed by atoms with Crippen molar-refractivity contribution >= 4 is 25.7 Å². The summed E-state index contributed by atoms with van der Waals surface area (Å²) < 4.78 is 39.1. The first-order chi connectivity index (χ1) is 30.2. The smallest absolute Gasteiger partial charge is 0.462 e. The summed E-state index contributed by atoms with van der Waals surface area (Å²) in [4.78, 5) is 48.1. The lowest BCUT2D eigenvalue weighted by Gasteiger charge is -2.21. The van der Waals surface area contributed by atoms with Crippen LogP contribution in [0.4, 0.5) is 0 Å². The van der Waals surface area contributed by atoms with Crippen LogP contribution in [0, 0.1) is 0 Å². The van der Waals surface area contributed by atoms with Crippen molar-refractivity contribution in [3.05, 3.63) is 60.8 Å². The lowest BCUT2D eigenvalue weighted by molar-refractivity contribution is -0.161. The third-order valence-electron chi connectivity index (χ3n) is 9.91. The number of esters is 3. The van der Waals surface area contributed by atoms with Gasteiger partial charge in [-0.2, -0.15) is 0 Å². The van der Waals surface area contributed by atoms with Gasteiger partial charge in [-0.15, -0.1) is 0 Å². The van der Waals surface area contributed by atoms with E-state index < -0.39 is 57.8 Å². The molecule has 3 atom stereocenters. The minimum Gasteiger partial charge on any atom is -0.462 e. The first kappa shape index (κ1) is 59.2. The van der Waals surface area contributed by atoms with Crippen LogP contribution in [0.1, 0.15) is 201 Å². The van der Waals surface area contributed by atoms with Crippen molar-refractivity contribution in [3.63, 3.8) is 0 Å². The molecule has 0 aromatic carbocycles. The van der Waals surface area contributed by atoms with E-state index in [0.717, 1.165) is 109 Å². The van der Waals surface area contributed by atoms with Gasteiger partial charge >= 0.3 is 25.7 Å². The average molecular weight is 895 g/mol. The fraction of sp³-hybridized carbons (Fsp3) is 0.740. The summed E-state index contributed by atoms with van der Waals surface area (Å²) >= 11 is 0. The average Bonchev–Trinajstić information content (AvgIpc) is 3.25. The van der Waals surface area contributed by atoms with Gasteiger partial charge in [-0.3, -0.25) is 23.4 Å². The number of ether oxygens (including phenoxy) is 3. The van der Waals surface area contributed by atoms with Crippen LogP contribution in [-0.2, 0) is 42.2 Å². The molecular weight excluding hydrogens is 808 g/mol. The number of rotatable bonds is 44. The molecule has 0 aliphatic rings. The number of carbonyl (C=O) groups excluding carboxylic acids is 3. The number of phosphoric ester groups is 1. The summed E-state index contributed by atoms with van der Waals surface area (Å²) in [5.41, 5.74) is 0. The van der Waals surface area contributed by atoms with E-state index in [0.29, 0.717) is 19.3 Å². The highest BCUT2D eigenvalue weighted by atomic mass is 31.2. The zero-order valence-corrected chi connectivity index (χ0v) is 40.0. The molecule has 11 nitrogen and oxygen atoms in total. The van der Waals surface area contributed by atoms with E-state index in [9.17, 15) is 28.9 Å². The van der Waals surface area contributed by atoms with Gasteiger partial charge in [-0.1, -0.05) is 165 Å². The van der Waals surface area contributed by atoms with Crippen molar-refractivity contribution < 1.29 is 52.2 Å². The summed E-state index contributed by atoms with van der Waals surface area (Å²) in [5, 5.41) is 9.72. The second kappa shape index (κ2) is 44.8. The van der Waals surface area contributed by atoms with E-state index in [1.54, 1.807) is 0 Å². The second-order valence-corrected chi connectivity index (χ2v) is 17.3. The Morgan fingerprint density at radius 3 is 1.37 bits per heavy atom. The molecule has 12 heteroatoms. The van der Waals surface area contributed by atoms with E-state index in [1.165, 1.54) is 32.1 Å². The van der Waals surface area contributed by atoms with Crippen LogP contribution in [0.5, 0.6) is 0 Å². The van der Waals surface area contributed by atoms with Crippen LogP contribution < -0.4 is 0 Å². The first-order valence-electron chi connectivity index (χ1n) is 24.2. The quantitative estimate of drug-likeness (QED) is 0.0197. The van der Waals surface area contributed by atoms with Gasteiger partial charge in [-0.25, -0.2) is 4.57 Å². The molecule has 0 heterocycles. The Balaban J connectivity index is 4.83. The number of aliphatic hydroxyl groups is 1. The molecular formula is C50H87O11P. The summed E-state index contributed by atoms with van der Waals surface area (Å²) in [7, 11) is -4.74. The Morgan fingerprint density at radius 2 is 0.871 bits per heavy atom. The topological polar surface area (TPSA) is 155 Å². The molecule has 2 N–H and O–H groups in total. The molecule has 0 saturated heterocycles. The highest BCUT2D eigenvalue weighted by Gasteiger charge is 2.28. The van der Waals surface area contributed by atoms with Crippen LogP contribution >= 0.6 is 7.82 Å². The Labute approximate surface area is 376 Å². The van der Waals surface area contributed by atoms with Gasteiger partial charge in [0.1, 0.15) is 12.7 Å². The molecule has 0 aromatic heterocycles. The maximum absolute atomic E-state index is 12.8. The fourth-order valence-corrected chi connectivity index (χ4v) is 7.01. The number of carbonyl (C=O) groups is 3. The molecule has 0 saturated carbocycles. The normalized spacial score (nSPS) is 14.1. The predicted molar refractivity (Wildman–Crippen MR) is 252 cm³/mol. The molecule has 0 radical (unpaired) electrons. The molecule has 358 valence electrons. The van der Waals surface area contributed by atoms with E-state index >= 15 is 0 Å². The minimum absolute atomic E-state index is 0.144. The number of hydrogen-bond acceptors (Lipinski definition) is 10. The van der Waals surface area contributed by atoms with Crippen molar-refractivity contribution in [2.75, 3.05) is 26.4 Å². The second-order valence-electron chi connectivity index (χ2n) is 15.9. The highest BCUT2D eigenvalue weighted by Crippen LogP contribution is 2.43. The van der Waals surface area contributed by atoms with E-state index in [2.05, 4.69) is 81.5 Å². The lowest BCUT2D eigenvalue weighted by Crippen LogP contribution is -2.30. The Morgan fingerprint density at radius 1 is 0.468 bits per heavy atom. The van der Waals surface area contributed by atoms with Gasteiger partial charge in [0, 0.05) is 19.3 Å². The minimum atomic E-state index is -4.74. The zero-order valence-electron chi connectivity index (χ0n) is 39.1. The molecule has 0 rings (SSSR count). The summed E-state index contributed by atoms with van der Waals surface area (Å²) in [6, 6.07) is 0. The molecule has 0 bridgehead atoms. The van der Waals surface area contributed by atoms with Crippen LogP contribution in [0.2, 0.25) is 0 Å². The van der Waals surface area contributed by atoms with Gasteiger partial charge in [0.05, 0.1) is 19.8 Å². The van der Waals surface area contributed by atoms with Crippen LogP contribution in [0.25, 0.3) is 0 Å². The Bertz CT molecular complexity index is 1280. The standard InChI is InChI=1S/C50H87O11P/c1-4-7-10-13-16-19-21-23-25-28-30-33-36-39-48(52)57-43-47(61-50(54)41-38-35-32-29-26-24-22-20-17-14-11-8-5-2)45-59-62(55,56)58-44-46(42-51)60-49(53)40-37-34-31-27-18-15-12-9-6-3/h7,10-11,14,16,19-20,22-23,25,46-47,51H,4-6,8-9,12-13,15,17-18,21,24,26-45H2,1-3H3,(H,55,56)/b10-7-,14-11-,19-16-,22-20-,25-23-. The highest BCUT2D eigenvalue weighted by molar-refractivity contribution is 7.47. The number of phosphoric acid groups is 1. The number of allylic oxidation sites excluding steroid dienone is 10. The summed E-state index contributed by atoms with van der Waals surface area (Å²) in [5.74, 6) is -1.52. The van der Waals surface area contributed by atoms with Crippen molar-refractivity contribution in [1.29, 1.82) is 0 Å². The van der Waals surface area contributed by atoms with Crippen molar-refractivity contribution in [1.82, 2.24) is 0 Å².